The van der Waals surface area contributed by atoms with Crippen LogP contribution in [0.5, 0.6) is 0 Å². The maximum atomic E-state index is 4.26. The van der Waals surface area contributed by atoms with Crippen molar-refractivity contribution in [2.75, 3.05) is 18.5 Å². The van der Waals surface area contributed by atoms with Gasteiger partial charge in [-0.3, -0.25) is 0 Å². The second-order valence-corrected chi connectivity index (χ2v) is 5.05. The highest BCUT2D eigenvalue weighted by atomic mass is 15.1. The van der Waals surface area contributed by atoms with Crippen LogP contribution in [0.1, 0.15) is 12.0 Å². The number of hydrogen-bond donors (Lipinski definition) is 0. The minimum atomic E-state index is 0.858. The molecule has 0 unspecified atom stereocenters. The molecule has 0 amide bonds. The smallest absolute Gasteiger partial charge is 0.0858 e. The predicted octanol–water partition coefficient (Wildman–Crippen LogP) is 5.42. The van der Waals surface area contributed by atoms with Gasteiger partial charge in [-0.25, -0.2) is 0 Å². The molecule has 0 atom stereocenters. The van der Waals surface area contributed by atoms with Gasteiger partial charge in [0.1, 0.15) is 0 Å². The third kappa shape index (κ3) is 4.56. The Balaban J connectivity index is 2.01. The highest BCUT2D eigenvalue weighted by Crippen LogP contribution is 2.22. The molecule has 0 N–H and O–H groups in total. The predicted molar refractivity (Wildman–Crippen MR) is 89.9 cm³/mol. The summed E-state index contributed by atoms with van der Waals surface area (Å²) in [6.45, 7) is 6.77. The number of anilines is 1. The maximum Gasteiger partial charge on any atom is 0.0858 e. The van der Waals surface area contributed by atoms with Gasteiger partial charge < -0.3 is 4.90 Å². The molecule has 2 aromatic carbocycles. The molecule has 0 bridgehead atoms. The molecule has 0 fully saturated rings. The minimum Gasteiger partial charge on any atom is -0.374 e. The molecule has 0 aliphatic rings. The summed E-state index contributed by atoms with van der Waals surface area (Å²) >= 11 is 0. The number of aryl methyl sites for hydroxylation is 1. The lowest BCUT2D eigenvalue weighted by molar-refractivity contribution is 0.900. The Morgan fingerprint density at radius 1 is 0.952 bits per heavy atom. The van der Waals surface area contributed by atoms with Gasteiger partial charge in [0.05, 0.1) is 11.4 Å². The Morgan fingerprint density at radius 3 is 2.00 bits per heavy atom. The van der Waals surface area contributed by atoms with E-state index in [1.54, 1.807) is 0 Å². The summed E-state index contributed by atoms with van der Waals surface area (Å²) in [5, 5.41) is 8.50. The van der Waals surface area contributed by atoms with E-state index in [0.717, 1.165) is 24.3 Å². The van der Waals surface area contributed by atoms with Crippen LogP contribution >= 0.6 is 0 Å². The van der Waals surface area contributed by atoms with Gasteiger partial charge in [0.25, 0.3) is 0 Å². The molecular formula is C18H21N3. The van der Waals surface area contributed by atoms with Crippen LogP contribution in [-0.4, -0.2) is 13.6 Å². The number of azo groups is 1. The molecule has 2 aromatic rings. The topological polar surface area (TPSA) is 28.0 Å². The van der Waals surface area contributed by atoms with Crippen LogP contribution in [0.15, 0.2) is 71.4 Å². The first-order chi connectivity index (χ1) is 10.2. The summed E-state index contributed by atoms with van der Waals surface area (Å²) < 4.78 is 0. The van der Waals surface area contributed by atoms with Crippen LogP contribution in [0.4, 0.5) is 17.1 Å². The first-order valence-corrected chi connectivity index (χ1v) is 7.09. The summed E-state index contributed by atoms with van der Waals surface area (Å²) in [6.07, 6.45) is 2.91. The highest BCUT2D eigenvalue weighted by Gasteiger charge is 1.99. The van der Waals surface area contributed by atoms with Crippen LogP contribution < -0.4 is 4.90 Å². The fourth-order valence-electron chi connectivity index (χ4n) is 1.91. The fraction of sp³-hybridized carbons (Fsp3) is 0.222. The van der Waals surface area contributed by atoms with Gasteiger partial charge in [-0.05, 0) is 49.7 Å². The van der Waals surface area contributed by atoms with E-state index in [1.807, 2.05) is 42.5 Å². The summed E-state index contributed by atoms with van der Waals surface area (Å²) in [5.41, 5.74) is 4.12. The Labute approximate surface area is 126 Å². The molecule has 3 nitrogen and oxygen atoms in total. The first kappa shape index (κ1) is 15.0. The third-order valence-electron chi connectivity index (χ3n) is 3.27. The van der Waals surface area contributed by atoms with Gasteiger partial charge in [0, 0.05) is 19.3 Å². The maximum absolute atomic E-state index is 4.26. The molecule has 2 rings (SSSR count). The van der Waals surface area contributed by atoms with E-state index >= 15 is 0 Å². The molecule has 0 heterocycles. The van der Waals surface area contributed by atoms with E-state index in [2.05, 4.69) is 47.8 Å². The number of rotatable bonds is 6. The normalized spacial score (nSPS) is 10.8. The molecule has 0 saturated heterocycles. The van der Waals surface area contributed by atoms with E-state index in [-0.39, 0.29) is 0 Å². The molecule has 21 heavy (non-hydrogen) atoms. The molecule has 0 radical (unpaired) electrons. The van der Waals surface area contributed by atoms with E-state index in [9.17, 15) is 0 Å². The van der Waals surface area contributed by atoms with Gasteiger partial charge >= 0.3 is 0 Å². The van der Waals surface area contributed by atoms with Crippen molar-refractivity contribution < 1.29 is 0 Å². The molecule has 0 aliphatic heterocycles. The zero-order valence-corrected chi connectivity index (χ0v) is 12.7. The zero-order chi connectivity index (χ0) is 15.1. The highest BCUT2D eigenvalue weighted by molar-refractivity contribution is 5.52. The Kier molecular flexibility index (Phi) is 5.27. The van der Waals surface area contributed by atoms with E-state index < -0.39 is 0 Å². The second-order valence-electron chi connectivity index (χ2n) is 5.05. The average Bonchev–Trinajstić information content (AvgIpc) is 2.52. The van der Waals surface area contributed by atoms with Gasteiger partial charge in [-0.1, -0.05) is 23.8 Å². The van der Waals surface area contributed by atoms with Crippen molar-refractivity contribution in [3.63, 3.8) is 0 Å². The van der Waals surface area contributed by atoms with Crippen molar-refractivity contribution in [1.82, 2.24) is 0 Å². The van der Waals surface area contributed by atoms with Gasteiger partial charge in [0.15, 0.2) is 0 Å². The summed E-state index contributed by atoms with van der Waals surface area (Å²) in [6, 6.07) is 16.1. The summed E-state index contributed by atoms with van der Waals surface area (Å²) in [4.78, 5) is 2.20. The second kappa shape index (κ2) is 7.39. The van der Waals surface area contributed by atoms with Crippen molar-refractivity contribution >= 4 is 17.1 Å². The standard InChI is InChI=1S/C18H21N3/c1-4-5-14-21(3)18-12-10-17(11-13-18)20-19-16-8-6-15(2)7-9-16/h4,6-13H,1,5,14H2,2-3H3. The van der Waals surface area contributed by atoms with Crippen molar-refractivity contribution in [1.29, 1.82) is 0 Å². The number of nitrogens with zero attached hydrogens (tertiary/aromatic N) is 3. The van der Waals surface area contributed by atoms with Crippen molar-refractivity contribution in [2.24, 2.45) is 10.2 Å². The van der Waals surface area contributed by atoms with Gasteiger partial charge in [0.2, 0.25) is 0 Å². The lowest BCUT2D eigenvalue weighted by Crippen LogP contribution is -2.17. The number of hydrogen-bond acceptors (Lipinski definition) is 3. The quantitative estimate of drug-likeness (QED) is 0.512. The molecule has 0 aromatic heterocycles. The molecule has 108 valence electrons. The summed E-state index contributed by atoms with van der Waals surface area (Å²) in [7, 11) is 2.08. The Hall–Kier alpha value is -2.42. The Morgan fingerprint density at radius 2 is 1.48 bits per heavy atom. The van der Waals surface area contributed by atoms with Crippen LogP contribution in [0.2, 0.25) is 0 Å². The Bertz CT molecular complexity index is 597. The third-order valence-corrected chi connectivity index (χ3v) is 3.27. The SMILES string of the molecule is C=CCCN(C)c1ccc(N=Nc2ccc(C)cc2)cc1. The monoisotopic (exact) mass is 279 g/mol. The van der Waals surface area contributed by atoms with Crippen LogP contribution in [0, 0.1) is 6.92 Å². The van der Waals surface area contributed by atoms with Crippen molar-refractivity contribution in [3.05, 3.63) is 66.7 Å². The van der Waals surface area contributed by atoms with Crippen molar-refractivity contribution in [2.45, 2.75) is 13.3 Å². The minimum absolute atomic E-state index is 0.858. The largest absolute Gasteiger partial charge is 0.374 e. The lowest BCUT2D eigenvalue weighted by Gasteiger charge is -2.18. The molecule has 0 aliphatic carbocycles. The van der Waals surface area contributed by atoms with E-state index in [0.29, 0.717) is 0 Å². The molecular weight excluding hydrogens is 258 g/mol. The van der Waals surface area contributed by atoms with Crippen LogP contribution in [-0.2, 0) is 0 Å². The number of benzene rings is 2. The molecule has 0 saturated carbocycles. The van der Waals surface area contributed by atoms with Gasteiger partial charge in [-0.2, -0.15) is 10.2 Å². The zero-order valence-electron chi connectivity index (χ0n) is 12.7. The van der Waals surface area contributed by atoms with Crippen molar-refractivity contribution in [3.8, 4) is 0 Å². The van der Waals surface area contributed by atoms with E-state index in [4.69, 9.17) is 0 Å². The van der Waals surface area contributed by atoms with E-state index in [1.165, 1.54) is 11.3 Å². The summed E-state index contributed by atoms with van der Waals surface area (Å²) in [5.74, 6) is 0. The van der Waals surface area contributed by atoms with Crippen LogP contribution in [0.25, 0.3) is 0 Å². The molecule has 3 heteroatoms. The van der Waals surface area contributed by atoms with Gasteiger partial charge in [-0.15, -0.1) is 6.58 Å². The fourth-order valence-corrected chi connectivity index (χ4v) is 1.91. The average molecular weight is 279 g/mol. The first-order valence-electron chi connectivity index (χ1n) is 7.09. The molecule has 0 spiro atoms. The van der Waals surface area contributed by atoms with Crippen LogP contribution in [0.3, 0.4) is 0 Å². The lowest BCUT2D eigenvalue weighted by atomic mass is 10.2.